The highest BCUT2D eigenvalue weighted by molar-refractivity contribution is 6.01. The number of fused-ring (bicyclic) bond motifs is 2. The number of aromatic nitrogens is 2. The highest BCUT2D eigenvalue weighted by atomic mass is 16.1. The SMILES string of the molecule is CC1(C)CC(=O)C2=C(C1)Nc1ccccc1N(Cc1nc3ccccc3[nH]1)[C@H]2c1ccccc1. The van der Waals surface area contributed by atoms with Crippen LogP contribution in [0.5, 0.6) is 0 Å². The monoisotopic (exact) mass is 448 g/mol. The summed E-state index contributed by atoms with van der Waals surface area (Å²) in [7, 11) is 0. The lowest BCUT2D eigenvalue weighted by molar-refractivity contribution is -0.118. The number of Topliss-reactive ketones (excluding diaryl/α,β-unsaturated/α-hetero) is 1. The largest absolute Gasteiger partial charge is 0.357 e. The van der Waals surface area contributed by atoms with Gasteiger partial charge >= 0.3 is 0 Å². The van der Waals surface area contributed by atoms with Gasteiger partial charge in [-0.3, -0.25) is 4.79 Å². The van der Waals surface area contributed by atoms with Crippen molar-refractivity contribution in [2.75, 3.05) is 10.2 Å². The average molecular weight is 449 g/mol. The third kappa shape index (κ3) is 3.58. The zero-order chi connectivity index (χ0) is 23.3. The summed E-state index contributed by atoms with van der Waals surface area (Å²) in [6.45, 7) is 4.91. The Morgan fingerprint density at radius 3 is 2.50 bits per heavy atom. The first kappa shape index (κ1) is 20.7. The first-order valence-corrected chi connectivity index (χ1v) is 11.9. The topological polar surface area (TPSA) is 61.0 Å². The molecule has 5 nitrogen and oxygen atoms in total. The van der Waals surface area contributed by atoms with Crippen LogP contribution in [-0.2, 0) is 11.3 Å². The Morgan fingerprint density at radius 1 is 0.941 bits per heavy atom. The van der Waals surface area contributed by atoms with Crippen LogP contribution in [-0.4, -0.2) is 15.8 Å². The number of carbonyl (C=O) groups excluding carboxylic acids is 1. The standard InChI is InChI=1S/C29H28N4O/c1-29(2)16-23-27(25(34)17-29)28(19-10-4-3-5-11-19)33(24-15-9-8-14-22(24)30-23)18-26-31-20-12-6-7-13-21(20)32-26/h3-15,28,30H,16-18H2,1-2H3,(H,31,32)/t28-/m0/s1. The van der Waals surface area contributed by atoms with Crippen molar-refractivity contribution < 1.29 is 4.79 Å². The van der Waals surface area contributed by atoms with Gasteiger partial charge in [0.1, 0.15) is 5.82 Å². The molecule has 170 valence electrons. The van der Waals surface area contributed by atoms with Gasteiger partial charge in [-0.2, -0.15) is 0 Å². The van der Waals surface area contributed by atoms with E-state index in [1.54, 1.807) is 0 Å². The molecule has 34 heavy (non-hydrogen) atoms. The highest BCUT2D eigenvalue weighted by Gasteiger charge is 2.41. The molecule has 2 heterocycles. The van der Waals surface area contributed by atoms with Crippen molar-refractivity contribution in [2.24, 2.45) is 5.41 Å². The molecular formula is C29H28N4O. The predicted molar refractivity (Wildman–Crippen MR) is 137 cm³/mol. The fourth-order valence-corrected chi connectivity index (χ4v) is 5.45. The molecule has 1 aliphatic heterocycles. The molecule has 5 heteroatoms. The lowest BCUT2D eigenvalue weighted by Crippen LogP contribution is -2.36. The van der Waals surface area contributed by atoms with Gasteiger partial charge in [-0.1, -0.05) is 68.4 Å². The van der Waals surface area contributed by atoms with Gasteiger partial charge in [0.2, 0.25) is 0 Å². The van der Waals surface area contributed by atoms with Crippen LogP contribution in [0.15, 0.2) is 90.1 Å². The maximum Gasteiger partial charge on any atom is 0.163 e. The quantitative estimate of drug-likeness (QED) is 0.382. The number of aromatic amines is 1. The number of hydrogen-bond acceptors (Lipinski definition) is 4. The summed E-state index contributed by atoms with van der Waals surface area (Å²) in [5, 5.41) is 3.68. The van der Waals surface area contributed by atoms with E-state index in [1.165, 1.54) is 0 Å². The molecule has 3 aromatic carbocycles. The third-order valence-corrected chi connectivity index (χ3v) is 6.88. The molecule has 2 aliphatic rings. The number of hydrogen-bond donors (Lipinski definition) is 2. The number of para-hydroxylation sites is 4. The van der Waals surface area contributed by atoms with Crippen molar-refractivity contribution in [1.29, 1.82) is 0 Å². The fraction of sp³-hybridized carbons (Fsp3) is 0.241. The van der Waals surface area contributed by atoms with Crippen molar-refractivity contribution in [3.8, 4) is 0 Å². The molecular weight excluding hydrogens is 420 g/mol. The van der Waals surface area contributed by atoms with Gasteiger partial charge in [0, 0.05) is 17.7 Å². The van der Waals surface area contributed by atoms with Crippen LogP contribution in [0.25, 0.3) is 11.0 Å². The van der Waals surface area contributed by atoms with Crippen molar-refractivity contribution in [3.05, 3.63) is 102 Å². The Balaban J connectivity index is 1.56. The second kappa shape index (κ2) is 7.87. The second-order valence-electron chi connectivity index (χ2n) is 10.1. The summed E-state index contributed by atoms with van der Waals surface area (Å²) in [5.74, 6) is 1.10. The number of allylic oxidation sites excluding steroid dienone is 1. The minimum atomic E-state index is -0.204. The number of carbonyl (C=O) groups is 1. The number of nitrogens with zero attached hydrogens (tertiary/aromatic N) is 2. The molecule has 0 spiro atoms. The van der Waals surface area contributed by atoms with E-state index in [4.69, 9.17) is 4.98 Å². The molecule has 0 fully saturated rings. The highest BCUT2D eigenvalue weighted by Crippen LogP contribution is 2.48. The van der Waals surface area contributed by atoms with Gasteiger partial charge in [-0.05, 0) is 41.7 Å². The van der Waals surface area contributed by atoms with Crippen molar-refractivity contribution >= 4 is 28.2 Å². The van der Waals surface area contributed by atoms with Crippen LogP contribution >= 0.6 is 0 Å². The number of ketones is 1. The van der Waals surface area contributed by atoms with Crippen molar-refractivity contribution in [3.63, 3.8) is 0 Å². The molecule has 2 N–H and O–H groups in total. The zero-order valence-electron chi connectivity index (χ0n) is 19.5. The van der Waals surface area contributed by atoms with E-state index in [0.717, 1.165) is 51.5 Å². The maximum atomic E-state index is 13.7. The van der Waals surface area contributed by atoms with E-state index in [1.807, 2.05) is 36.4 Å². The Morgan fingerprint density at radius 2 is 1.68 bits per heavy atom. The maximum absolute atomic E-state index is 13.7. The summed E-state index contributed by atoms with van der Waals surface area (Å²) in [4.78, 5) is 24.4. The molecule has 0 saturated heterocycles. The molecule has 0 bridgehead atoms. The van der Waals surface area contributed by atoms with Crippen LogP contribution in [0.1, 0.15) is 44.1 Å². The van der Waals surface area contributed by atoms with Gasteiger partial charge in [0.05, 0.1) is 35.0 Å². The Kier molecular flexibility index (Phi) is 4.80. The molecule has 1 atom stereocenters. The smallest absolute Gasteiger partial charge is 0.163 e. The van der Waals surface area contributed by atoms with Crippen LogP contribution in [0, 0.1) is 5.41 Å². The van der Waals surface area contributed by atoms with Crippen LogP contribution < -0.4 is 10.2 Å². The molecule has 0 saturated carbocycles. The molecule has 1 aromatic heterocycles. The first-order chi connectivity index (χ1) is 16.5. The molecule has 1 aliphatic carbocycles. The van der Waals surface area contributed by atoms with E-state index < -0.39 is 0 Å². The van der Waals surface area contributed by atoms with Gasteiger partial charge in [-0.15, -0.1) is 0 Å². The fourth-order valence-electron chi connectivity index (χ4n) is 5.45. The molecule has 6 rings (SSSR count). The molecule has 4 aromatic rings. The minimum Gasteiger partial charge on any atom is -0.357 e. The van der Waals surface area contributed by atoms with Gasteiger partial charge in [0.25, 0.3) is 0 Å². The van der Waals surface area contributed by atoms with Crippen molar-refractivity contribution in [1.82, 2.24) is 9.97 Å². The van der Waals surface area contributed by atoms with E-state index in [-0.39, 0.29) is 17.2 Å². The van der Waals surface area contributed by atoms with E-state index in [2.05, 4.69) is 71.5 Å². The number of nitrogens with one attached hydrogen (secondary N) is 2. The van der Waals surface area contributed by atoms with Gasteiger partial charge in [-0.25, -0.2) is 4.98 Å². The van der Waals surface area contributed by atoms with Crippen LogP contribution in [0.4, 0.5) is 11.4 Å². The van der Waals surface area contributed by atoms with E-state index >= 15 is 0 Å². The zero-order valence-corrected chi connectivity index (χ0v) is 19.5. The Hall–Kier alpha value is -3.86. The summed E-state index contributed by atoms with van der Waals surface area (Å²) >= 11 is 0. The lowest BCUT2D eigenvalue weighted by atomic mass is 9.73. The third-order valence-electron chi connectivity index (χ3n) is 6.88. The number of rotatable bonds is 3. The number of benzene rings is 3. The normalized spacial score (nSPS) is 19.4. The van der Waals surface area contributed by atoms with Crippen LogP contribution in [0.2, 0.25) is 0 Å². The lowest BCUT2D eigenvalue weighted by Gasteiger charge is -2.37. The molecule has 0 amide bonds. The van der Waals surface area contributed by atoms with Gasteiger partial charge < -0.3 is 15.2 Å². The second-order valence-corrected chi connectivity index (χ2v) is 10.1. The summed E-state index contributed by atoms with van der Waals surface area (Å²) in [6.07, 6.45) is 1.38. The number of H-pyrrole nitrogens is 1. The summed E-state index contributed by atoms with van der Waals surface area (Å²) < 4.78 is 0. The van der Waals surface area contributed by atoms with Gasteiger partial charge in [0.15, 0.2) is 5.78 Å². The Labute approximate surface area is 199 Å². The summed E-state index contributed by atoms with van der Waals surface area (Å²) in [6, 6.07) is 26.6. The van der Waals surface area contributed by atoms with Crippen molar-refractivity contribution in [2.45, 2.75) is 39.3 Å². The minimum absolute atomic E-state index is 0.0764. The number of imidazole rings is 1. The van der Waals surface area contributed by atoms with E-state index in [9.17, 15) is 4.79 Å². The number of anilines is 2. The molecule has 0 unspecified atom stereocenters. The molecule has 0 radical (unpaired) electrons. The van der Waals surface area contributed by atoms with E-state index in [0.29, 0.717) is 13.0 Å². The first-order valence-electron chi connectivity index (χ1n) is 11.9. The average Bonchev–Trinajstić information content (AvgIpc) is 3.17. The summed E-state index contributed by atoms with van der Waals surface area (Å²) in [5.41, 5.74) is 7.00. The van der Waals surface area contributed by atoms with Crippen LogP contribution in [0.3, 0.4) is 0 Å². The predicted octanol–water partition coefficient (Wildman–Crippen LogP) is 6.38. The Bertz CT molecular complexity index is 1380.